The first-order chi connectivity index (χ1) is 8.47. The van der Waals surface area contributed by atoms with Gasteiger partial charge in [0.1, 0.15) is 6.04 Å². The normalized spacial score (nSPS) is 11.9. The Morgan fingerprint density at radius 3 is 2.72 bits per heavy atom. The van der Waals surface area contributed by atoms with E-state index in [9.17, 15) is 9.59 Å². The van der Waals surface area contributed by atoms with Gasteiger partial charge in [0, 0.05) is 4.47 Å². The van der Waals surface area contributed by atoms with Gasteiger partial charge in [0.15, 0.2) is 0 Å². The van der Waals surface area contributed by atoms with Crippen LogP contribution in [-0.2, 0) is 4.79 Å². The van der Waals surface area contributed by atoms with Crippen LogP contribution in [0.15, 0.2) is 22.7 Å². The van der Waals surface area contributed by atoms with E-state index < -0.39 is 17.9 Å². The lowest BCUT2D eigenvalue weighted by atomic mass is 10.1. The summed E-state index contributed by atoms with van der Waals surface area (Å²) in [6, 6.07) is 4.03. The minimum atomic E-state index is -1.05. The Morgan fingerprint density at radius 1 is 1.50 bits per heavy atom. The molecule has 1 aromatic rings. The van der Waals surface area contributed by atoms with Crippen molar-refractivity contribution in [3.8, 4) is 0 Å². The summed E-state index contributed by atoms with van der Waals surface area (Å²) in [5.41, 5.74) is 0.258. The zero-order valence-electron chi connectivity index (χ0n) is 9.74. The van der Waals surface area contributed by atoms with Crippen LogP contribution in [0.1, 0.15) is 30.1 Å². The van der Waals surface area contributed by atoms with Crippen LogP contribution in [0.25, 0.3) is 0 Å². The number of rotatable bonds is 5. The number of halogens is 2. The maximum Gasteiger partial charge on any atom is 0.326 e. The minimum absolute atomic E-state index is 0.258. The van der Waals surface area contributed by atoms with Gasteiger partial charge in [0.05, 0.1) is 10.6 Å². The molecule has 0 unspecified atom stereocenters. The zero-order valence-corrected chi connectivity index (χ0v) is 12.1. The lowest BCUT2D eigenvalue weighted by Crippen LogP contribution is -2.40. The molecule has 2 N–H and O–H groups in total. The number of amides is 1. The van der Waals surface area contributed by atoms with E-state index in [2.05, 4.69) is 21.2 Å². The molecule has 0 aliphatic rings. The van der Waals surface area contributed by atoms with E-state index in [1.54, 1.807) is 18.2 Å². The first-order valence-electron chi connectivity index (χ1n) is 5.45. The van der Waals surface area contributed by atoms with E-state index >= 15 is 0 Å². The quantitative estimate of drug-likeness (QED) is 0.869. The molecule has 6 heteroatoms. The Balaban J connectivity index is 2.87. The number of benzene rings is 1. The average molecular weight is 335 g/mol. The van der Waals surface area contributed by atoms with Crippen molar-refractivity contribution in [1.82, 2.24) is 5.32 Å². The third-order valence-corrected chi connectivity index (χ3v) is 3.67. The van der Waals surface area contributed by atoms with Gasteiger partial charge < -0.3 is 10.4 Å². The van der Waals surface area contributed by atoms with Crippen LogP contribution in [-0.4, -0.2) is 23.0 Å². The molecule has 0 bridgehead atoms. The monoisotopic (exact) mass is 333 g/mol. The molecule has 1 rings (SSSR count). The molecule has 0 spiro atoms. The first kappa shape index (κ1) is 15.0. The van der Waals surface area contributed by atoms with Crippen molar-refractivity contribution in [3.05, 3.63) is 33.3 Å². The van der Waals surface area contributed by atoms with Gasteiger partial charge in [0.2, 0.25) is 0 Å². The van der Waals surface area contributed by atoms with E-state index in [0.29, 0.717) is 17.3 Å². The Labute approximate surface area is 118 Å². The van der Waals surface area contributed by atoms with Gasteiger partial charge in [-0.1, -0.05) is 31.0 Å². The summed E-state index contributed by atoms with van der Waals surface area (Å²) in [6.45, 7) is 1.86. The Bertz CT molecular complexity index is 465. The van der Waals surface area contributed by atoms with Crippen LogP contribution in [0.4, 0.5) is 0 Å². The molecule has 18 heavy (non-hydrogen) atoms. The standard InChI is InChI=1S/C12H13BrClNO3/c1-2-4-9(12(17)18)15-11(16)7-5-3-6-8(13)10(7)14/h3,5-6,9H,2,4H2,1H3,(H,15,16)(H,17,18)/t9-/m1/s1. The summed E-state index contributed by atoms with van der Waals surface area (Å²) < 4.78 is 0.596. The molecule has 0 fully saturated rings. The Morgan fingerprint density at radius 2 is 2.17 bits per heavy atom. The van der Waals surface area contributed by atoms with Crippen molar-refractivity contribution < 1.29 is 14.7 Å². The van der Waals surface area contributed by atoms with Crippen molar-refractivity contribution in [1.29, 1.82) is 0 Å². The number of carbonyl (C=O) groups is 2. The minimum Gasteiger partial charge on any atom is -0.480 e. The van der Waals surface area contributed by atoms with Gasteiger partial charge in [-0.25, -0.2) is 4.79 Å². The molecule has 0 aromatic heterocycles. The molecule has 4 nitrogen and oxygen atoms in total. The van der Waals surface area contributed by atoms with Gasteiger partial charge in [-0.15, -0.1) is 0 Å². The molecule has 0 aliphatic carbocycles. The second kappa shape index (κ2) is 6.75. The van der Waals surface area contributed by atoms with E-state index in [1.807, 2.05) is 6.92 Å². The topological polar surface area (TPSA) is 66.4 Å². The highest BCUT2D eigenvalue weighted by atomic mass is 79.9. The predicted molar refractivity (Wildman–Crippen MR) is 73.0 cm³/mol. The van der Waals surface area contributed by atoms with Crippen LogP contribution in [0.2, 0.25) is 5.02 Å². The van der Waals surface area contributed by atoms with E-state index in [4.69, 9.17) is 16.7 Å². The van der Waals surface area contributed by atoms with Gasteiger partial charge in [-0.05, 0) is 34.5 Å². The number of carboxylic acids is 1. The zero-order chi connectivity index (χ0) is 13.7. The van der Waals surface area contributed by atoms with Crippen LogP contribution >= 0.6 is 27.5 Å². The molecule has 0 aliphatic heterocycles. The molecule has 1 atom stereocenters. The van der Waals surface area contributed by atoms with Crippen LogP contribution < -0.4 is 5.32 Å². The van der Waals surface area contributed by atoms with Crippen molar-refractivity contribution in [3.63, 3.8) is 0 Å². The van der Waals surface area contributed by atoms with Crippen molar-refractivity contribution in [2.75, 3.05) is 0 Å². The summed E-state index contributed by atoms with van der Waals surface area (Å²) >= 11 is 9.19. The molecule has 98 valence electrons. The number of hydrogen-bond acceptors (Lipinski definition) is 2. The second-order valence-electron chi connectivity index (χ2n) is 3.75. The summed E-state index contributed by atoms with van der Waals surface area (Å²) in [5, 5.41) is 11.7. The lowest BCUT2D eigenvalue weighted by molar-refractivity contribution is -0.139. The molecular weight excluding hydrogens is 321 g/mol. The summed E-state index contributed by atoms with van der Waals surface area (Å²) in [7, 11) is 0. The third kappa shape index (κ3) is 3.71. The summed E-state index contributed by atoms with van der Waals surface area (Å²) in [6.07, 6.45) is 1.05. The molecular formula is C12H13BrClNO3. The van der Waals surface area contributed by atoms with Crippen LogP contribution in [0.5, 0.6) is 0 Å². The number of carboxylic acid groups (broad SMARTS) is 1. The van der Waals surface area contributed by atoms with Crippen molar-refractivity contribution in [2.24, 2.45) is 0 Å². The lowest BCUT2D eigenvalue weighted by Gasteiger charge is -2.14. The van der Waals surface area contributed by atoms with Gasteiger partial charge in [-0.2, -0.15) is 0 Å². The molecule has 0 saturated heterocycles. The number of aliphatic carboxylic acids is 1. The van der Waals surface area contributed by atoms with E-state index in [1.165, 1.54) is 0 Å². The van der Waals surface area contributed by atoms with Gasteiger partial charge in [0.25, 0.3) is 5.91 Å². The van der Waals surface area contributed by atoms with E-state index in [0.717, 1.165) is 0 Å². The van der Waals surface area contributed by atoms with E-state index in [-0.39, 0.29) is 10.6 Å². The van der Waals surface area contributed by atoms with Crippen molar-refractivity contribution >= 4 is 39.4 Å². The van der Waals surface area contributed by atoms with Crippen LogP contribution in [0, 0.1) is 0 Å². The Hall–Kier alpha value is -1.07. The van der Waals surface area contributed by atoms with Crippen LogP contribution in [0.3, 0.4) is 0 Å². The molecule has 1 aromatic carbocycles. The molecule has 0 saturated carbocycles. The highest BCUT2D eigenvalue weighted by molar-refractivity contribution is 9.10. The highest BCUT2D eigenvalue weighted by Gasteiger charge is 2.21. The van der Waals surface area contributed by atoms with Gasteiger partial charge >= 0.3 is 5.97 Å². The fraction of sp³-hybridized carbons (Fsp3) is 0.333. The first-order valence-corrected chi connectivity index (χ1v) is 6.62. The second-order valence-corrected chi connectivity index (χ2v) is 4.99. The number of hydrogen-bond donors (Lipinski definition) is 2. The number of nitrogens with one attached hydrogen (secondary N) is 1. The molecule has 0 radical (unpaired) electrons. The Kier molecular flexibility index (Phi) is 5.62. The predicted octanol–water partition coefficient (Wildman–Crippen LogP) is 3.09. The molecule has 1 amide bonds. The van der Waals surface area contributed by atoms with Gasteiger partial charge in [-0.3, -0.25) is 4.79 Å². The largest absolute Gasteiger partial charge is 0.480 e. The smallest absolute Gasteiger partial charge is 0.326 e. The van der Waals surface area contributed by atoms with Crippen molar-refractivity contribution in [2.45, 2.75) is 25.8 Å². The highest BCUT2D eigenvalue weighted by Crippen LogP contribution is 2.25. The SMILES string of the molecule is CCC[C@@H](NC(=O)c1cccc(Br)c1Cl)C(=O)O. The number of carbonyl (C=O) groups excluding carboxylic acids is 1. The average Bonchev–Trinajstić information content (AvgIpc) is 2.31. The fourth-order valence-electron chi connectivity index (χ4n) is 1.46. The maximum absolute atomic E-state index is 11.9. The summed E-state index contributed by atoms with van der Waals surface area (Å²) in [5.74, 6) is -1.53. The fourth-order valence-corrected chi connectivity index (χ4v) is 2.04. The third-order valence-electron chi connectivity index (χ3n) is 2.38. The maximum atomic E-state index is 11.9. The summed E-state index contributed by atoms with van der Waals surface area (Å²) in [4.78, 5) is 22.9. The molecule has 0 heterocycles.